The number of rotatable bonds is 4. The van der Waals surface area contributed by atoms with Gasteiger partial charge in [-0.1, -0.05) is 18.3 Å². The zero-order valence-corrected chi connectivity index (χ0v) is 10.6. The van der Waals surface area contributed by atoms with Gasteiger partial charge in [-0.15, -0.1) is 21.5 Å². The Morgan fingerprint density at radius 1 is 1.40 bits per heavy atom. The summed E-state index contributed by atoms with van der Waals surface area (Å²) >= 11 is 4.92. The predicted molar refractivity (Wildman–Crippen MR) is 67.3 cm³/mol. The van der Waals surface area contributed by atoms with E-state index >= 15 is 0 Å². The lowest BCUT2D eigenvalue weighted by atomic mass is 10.6. The summed E-state index contributed by atoms with van der Waals surface area (Å²) in [5, 5.41) is 10.3. The number of thiazole rings is 1. The van der Waals surface area contributed by atoms with Crippen LogP contribution < -0.4 is 5.73 Å². The second kappa shape index (κ2) is 4.91. The molecule has 0 aliphatic heterocycles. The molecule has 0 saturated carbocycles. The van der Waals surface area contributed by atoms with Gasteiger partial charge < -0.3 is 5.73 Å². The molecule has 0 aromatic carbocycles. The summed E-state index contributed by atoms with van der Waals surface area (Å²) in [4.78, 5) is 5.39. The topological polar surface area (TPSA) is 64.7 Å². The molecule has 2 heterocycles. The minimum absolute atomic E-state index is 0.503. The van der Waals surface area contributed by atoms with Crippen LogP contribution in [0.2, 0.25) is 0 Å². The lowest BCUT2D eigenvalue weighted by molar-refractivity contribution is 1.10. The summed E-state index contributed by atoms with van der Waals surface area (Å²) in [6.07, 6.45) is 1.84. The summed E-state index contributed by atoms with van der Waals surface area (Å²) in [5.41, 5.74) is 5.53. The van der Waals surface area contributed by atoms with Crippen molar-refractivity contribution in [1.82, 2.24) is 15.2 Å². The van der Waals surface area contributed by atoms with E-state index in [4.69, 9.17) is 5.73 Å². The number of hydrogen-bond acceptors (Lipinski definition) is 7. The lowest BCUT2D eigenvalue weighted by Crippen LogP contribution is -1.79. The third-order valence-corrected chi connectivity index (χ3v) is 4.62. The highest BCUT2D eigenvalue weighted by Gasteiger charge is 2.08. The number of aromatic nitrogens is 3. The molecule has 2 N–H and O–H groups in total. The van der Waals surface area contributed by atoms with Crippen molar-refractivity contribution in [3.8, 4) is 9.88 Å². The van der Waals surface area contributed by atoms with Gasteiger partial charge in [-0.3, -0.25) is 0 Å². The first kappa shape index (κ1) is 10.8. The Morgan fingerprint density at radius 2 is 2.27 bits per heavy atom. The third kappa shape index (κ3) is 2.67. The van der Waals surface area contributed by atoms with Crippen LogP contribution in [0, 0.1) is 0 Å². The van der Waals surface area contributed by atoms with Crippen molar-refractivity contribution in [3.63, 3.8) is 0 Å². The van der Waals surface area contributed by atoms with Crippen molar-refractivity contribution in [1.29, 1.82) is 0 Å². The summed E-state index contributed by atoms with van der Waals surface area (Å²) in [6.45, 7) is 2.14. The largest absolute Gasteiger partial charge is 0.374 e. The minimum Gasteiger partial charge on any atom is -0.374 e. The summed E-state index contributed by atoms with van der Waals surface area (Å²) < 4.78 is 0. The highest BCUT2D eigenvalue weighted by Crippen LogP contribution is 2.30. The van der Waals surface area contributed by atoms with Crippen molar-refractivity contribution < 1.29 is 0 Å². The van der Waals surface area contributed by atoms with E-state index in [0.29, 0.717) is 5.13 Å². The van der Waals surface area contributed by atoms with Gasteiger partial charge in [0.15, 0.2) is 5.01 Å². The van der Waals surface area contributed by atoms with E-state index in [9.17, 15) is 0 Å². The molecule has 2 aromatic heterocycles. The maximum atomic E-state index is 5.53. The van der Waals surface area contributed by atoms with Gasteiger partial charge in [0.1, 0.15) is 5.01 Å². The van der Waals surface area contributed by atoms with E-state index in [1.807, 2.05) is 18.0 Å². The molecule has 0 aliphatic rings. The van der Waals surface area contributed by atoms with Gasteiger partial charge in [0.05, 0.1) is 4.88 Å². The van der Waals surface area contributed by atoms with Crippen molar-refractivity contribution in [3.05, 3.63) is 11.2 Å². The molecule has 0 amide bonds. The van der Waals surface area contributed by atoms with Gasteiger partial charge in [0, 0.05) is 11.9 Å². The average Bonchev–Trinajstić information content (AvgIpc) is 2.83. The van der Waals surface area contributed by atoms with Gasteiger partial charge >= 0.3 is 0 Å². The van der Waals surface area contributed by atoms with Gasteiger partial charge in [0.2, 0.25) is 5.13 Å². The molecule has 80 valence electrons. The standard InChI is InChI=1S/C8H10N4S3/c1-2-13-4-6-10-3-5(14-6)7-11-12-8(9)15-7/h3H,2,4H2,1H3,(H2,9,12). The van der Waals surface area contributed by atoms with Crippen LogP contribution in [-0.4, -0.2) is 20.9 Å². The van der Waals surface area contributed by atoms with Crippen molar-refractivity contribution in [2.75, 3.05) is 11.5 Å². The fourth-order valence-electron chi connectivity index (χ4n) is 0.999. The molecule has 7 heteroatoms. The normalized spacial score (nSPS) is 10.7. The Morgan fingerprint density at radius 3 is 2.93 bits per heavy atom. The summed E-state index contributed by atoms with van der Waals surface area (Å²) in [7, 11) is 0. The predicted octanol–water partition coefficient (Wildman–Crippen LogP) is 2.50. The minimum atomic E-state index is 0.503. The number of anilines is 1. The maximum Gasteiger partial charge on any atom is 0.203 e. The highest BCUT2D eigenvalue weighted by molar-refractivity contribution is 7.98. The van der Waals surface area contributed by atoms with Crippen molar-refractivity contribution in [2.45, 2.75) is 12.7 Å². The smallest absolute Gasteiger partial charge is 0.203 e. The molecule has 0 saturated heterocycles. The van der Waals surface area contributed by atoms with E-state index in [1.54, 1.807) is 11.3 Å². The summed E-state index contributed by atoms with van der Waals surface area (Å²) in [6, 6.07) is 0. The monoisotopic (exact) mass is 258 g/mol. The van der Waals surface area contributed by atoms with Crippen LogP contribution in [0.3, 0.4) is 0 Å². The molecule has 15 heavy (non-hydrogen) atoms. The molecule has 0 fully saturated rings. The second-order valence-electron chi connectivity index (χ2n) is 2.70. The quantitative estimate of drug-likeness (QED) is 0.912. The van der Waals surface area contributed by atoms with Crippen LogP contribution in [0.1, 0.15) is 11.9 Å². The number of nitrogen functional groups attached to an aromatic ring is 1. The van der Waals surface area contributed by atoms with Crippen LogP contribution in [0.4, 0.5) is 5.13 Å². The number of hydrogen-bond donors (Lipinski definition) is 1. The fourth-order valence-corrected chi connectivity index (χ4v) is 3.30. The van der Waals surface area contributed by atoms with E-state index in [-0.39, 0.29) is 0 Å². The number of thioether (sulfide) groups is 1. The molecule has 4 nitrogen and oxygen atoms in total. The maximum absolute atomic E-state index is 5.53. The molecular weight excluding hydrogens is 248 g/mol. The van der Waals surface area contributed by atoms with Crippen LogP contribution in [-0.2, 0) is 5.75 Å². The molecule has 0 unspecified atom stereocenters. The Hall–Kier alpha value is -0.660. The van der Waals surface area contributed by atoms with Crippen molar-refractivity contribution >= 4 is 39.6 Å². The average molecular weight is 258 g/mol. The Bertz CT molecular complexity index is 437. The molecule has 0 atom stereocenters. The number of nitrogens with zero attached hydrogens (tertiary/aromatic N) is 3. The molecule has 2 aromatic rings. The van der Waals surface area contributed by atoms with Crippen LogP contribution in [0.5, 0.6) is 0 Å². The van der Waals surface area contributed by atoms with Crippen LogP contribution in [0.25, 0.3) is 9.88 Å². The van der Waals surface area contributed by atoms with Gasteiger partial charge in [0.25, 0.3) is 0 Å². The van der Waals surface area contributed by atoms with Crippen LogP contribution in [0.15, 0.2) is 6.20 Å². The van der Waals surface area contributed by atoms with Gasteiger partial charge in [-0.25, -0.2) is 4.98 Å². The first-order valence-electron chi connectivity index (χ1n) is 4.41. The second-order valence-corrected chi connectivity index (χ2v) is 6.10. The van der Waals surface area contributed by atoms with Gasteiger partial charge in [-0.05, 0) is 5.75 Å². The van der Waals surface area contributed by atoms with E-state index in [0.717, 1.165) is 26.4 Å². The van der Waals surface area contributed by atoms with Crippen molar-refractivity contribution in [2.24, 2.45) is 0 Å². The third-order valence-electron chi connectivity index (χ3n) is 1.63. The zero-order valence-electron chi connectivity index (χ0n) is 8.14. The molecule has 0 bridgehead atoms. The number of nitrogens with two attached hydrogens (primary N) is 1. The molecule has 0 radical (unpaired) electrons. The van der Waals surface area contributed by atoms with E-state index < -0.39 is 0 Å². The lowest BCUT2D eigenvalue weighted by Gasteiger charge is -1.90. The SMILES string of the molecule is CCSCc1ncc(-c2nnc(N)s2)s1. The van der Waals surface area contributed by atoms with Gasteiger partial charge in [-0.2, -0.15) is 11.8 Å². The zero-order chi connectivity index (χ0) is 10.7. The van der Waals surface area contributed by atoms with E-state index in [2.05, 4.69) is 22.1 Å². The Kier molecular flexibility index (Phi) is 3.55. The Labute approximate surface area is 100.0 Å². The molecule has 0 aliphatic carbocycles. The molecule has 2 rings (SSSR count). The van der Waals surface area contributed by atoms with Crippen LogP contribution >= 0.6 is 34.4 Å². The Balaban J connectivity index is 2.13. The first-order valence-corrected chi connectivity index (χ1v) is 7.20. The fraction of sp³-hybridized carbons (Fsp3) is 0.375. The summed E-state index contributed by atoms with van der Waals surface area (Å²) in [5.74, 6) is 2.08. The molecular formula is C8H10N4S3. The molecule has 0 spiro atoms. The highest BCUT2D eigenvalue weighted by atomic mass is 32.2. The van der Waals surface area contributed by atoms with E-state index in [1.165, 1.54) is 11.3 Å². The first-order chi connectivity index (χ1) is 7.29.